The number of carbonyl (C=O) groups excluding carboxylic acids is 1. The van der Waals surface area contributed by atoms with Crippen LogP contribution in [-0.4, -0.2) is 31.2 Å². The van der Waals surface area contributed by atoms with E-state index in [1.807, 2.05) is 24.3 Å². The Kier molecular flexibility index (Phi) is 5.89. The molecule has 0 spiro atoms. The van der Waals surface area contributed by atoms with Gasteiger partial charge in [0.25, 0.3) is 0 Å². The average molecular weight is 356 g/mol. The maximum Gasteiger partial charge on any atom is 0.224 e. The number of halogens is 1. The molecule has 2 aromatic carbocycles. The summed E-state index contributed by atoms with van der Waals surface area (Å²) in [5, 5.41) is 2.87. The number of carbonyl (C=O) groups is 1. The van der Waals surface area contributed by atoms with Crippen LogP contribution in [0.4, 0.5) is 15.8 Å². The predicted octanol–water partition coefficient (Wildman–Crippen LogP) is 4.01. The van der Waals surface area contributed by atoms with Gasteiger partial charge in [0.05, 0.1) is 12.2 Å². The topological polar surface area (TPSA) is 41.6 Å². The summed E-state index contributed by atoms with van der Waals surface area (Å²) < 4.78 is 19.4. The van der Waals surface area contributed by atoms with Crippen molar-refractivity contribution in [1.82, 2.24) is 0 Å². The molecule has 1 aliphatic rings. The normalized spacial score (nSPS) is 20.0. The fraction of sp³-hybridized carbons (Fsp3) is 0.381. The van der Waals surface area contributed by atoms with Crippen molar-refractivity contribution in [3.05, 3.63) is 59.9 Å². The second kappa shape index (κ2) is 8.32. The molecule has 0 aliphatic carbocycles. The Labute approximate surface area is 154 Å². The number of anilines is 2. The lowest BCUT2D eigenvalue weighted by atomic mass is 10.1. The minimum atomic E-state index is -0.265. The number of hydrogen-bond acceptors (Lipinski definition) is 3. The predicted molar refractivity (Wildman–Crippen MR) is 102 cm³/mol. The van der Waals surface area contributed by atoms with Gasteiger partial charge in [-0.05, 0) is 56.2 Å². The summed E-state index contributed by atoms with van der Waals surface area (Å²) in [6.45, 7) is 5.87. The highest BCUT2D eigenvalue weighted by atomic mass is 19.1. The van der Waals surface area contributed by atoms with E-state index in [2.05, 4.69) is 24.1 Å². The molecular formula is C21H25FN2O2. The molecule has 26 heavy (non-hydrogen) atoms. The van der Waals surface area contributed by atoms with E-state index in [9.17, 15) is 9.18 Å². The Balaban J connectivity index is 1.54. The third-order valence-corrected chi connectivity index (χ3v) is 4.52. The Hall–Kier alpha value is -2.40. The van der Waals surface area contributed by atoms with Gasteiger partial charge >= 0.3 is 0 Å². The van der Waals surface area contributed by atoms with Gasteiger partial charge in [0.1, 0.15) is 5.82 Å². The summed E-state index contributed by atoms with van der Waals surface area (Å²) in [4.78, 5) is 14.4. The van der Waals surface area contributed by atoms with Crippen LogP contribution < -0.4 is 10.2 Å². The van der Waals surface area contributed by atoms with Gasteiger partial charge in [0, 0.05) is 30.9 Å². The molecule has 0 saturated carbocycles. The van der Waals surface area contributed by atoms with Gasteiger partial charge in [-0.2, -0.15) is 0 Å². The number of ether oxygens (including phenoxy) is 1. The largest absolute Gasteiger partial charge is 0.372 e. The maximum atomic E-state index is 13.6. The van der Waals surface area contributed by atoms with Crippen molar-refractivity contribution in [2.45, 2.75) is 38.9 Å². The van der Waals surface area contributed by atoms with Crippen molar-refractivity contribution in [2.75, 3.05) is 23.3 Å². The number of nitrogens with one attached hydrogen (secondary N) is 1. The number of hydrogen-bond donors (Lipinski definition) is 1. The quantitative estimate of drug-likeness (QED) is 0.880. The highest BCUT2D eigenvalue weighted by Crippen LogP contribution is 2.22. The molecule has 2 aromatic rings. The molecule has 2 unspecified atom stereocenters. The fourth-order valence-electron chi connectivity index (χ4n) is 3.32. The van der Waals surface area contributed by atoms with Crippen LogP contribution in [0.15, 0.2) is 48.5 Å². The number of morpholine rings is 1. The van der Waals surface area contributed by atoms with Gasteiger partial charge < -0.3 is 15.0 Å². The number of benzene rings is 2. The molecule has 1 amide bonds. The highest BCUT2D eigenvalue weighted by Gasteiger charge is 2.22. The van der Waals surface area contributed by atoms with Gasteiger partial charge in [-0.15, -0.1) is 0 Å². The summed E-state index contributed by atoms with van der Waals surface area (Å²) >= 11 is 0. The van der Waals surface area contributed by atoms with Gasteiger partial charge in [0.15, 0.2) is 0 Å². The van der Waals surface area contributed by atoms with E-state index >= 15 is 0 Å². The second-order valence-corrected chi connectivity index (χ2v) is 6.85. The maximum absolute atomic E-state index is 13.6. The minimum absolute atomic E-state index is 0.116. The Bertz CT molecular complexity index is 738. The number of amides is 1. The third kappa shape index (κ3) is 4.82. The summed E-state index contributed by atoms with van der Waals surface area (Å²) in [5.74, 6) is -0.381. The number of rotatable bonds is 5. The molecule has 1 N–H and O–H groups in total. The smallest absolute Gasteiger partial charge is 0.224 e. The van der Waals surface area contributed by atoms with Crippen LogP contribution in [0.2, 0.25) is 0 Å². The summed E-state index contributed by atoms with van der Waals surface area (Å²) in [5.41, 5.74) is 2.44. The molecule has 0 radical (unpaired) electrons. The van der Waals surface area contributed by atoms with Crippen LogP contribution in [0.25, 0.3) is 0 Å². The summed E-state index contributed by atoms with van der Waals surface area (Å²) in [6.07, 6.45) is 1.05. The zero-order chi connectivity index (χ0) is 18.5. The molecule has 3 rings (SSSR count). The van der Waals surface area contributed by atoms with E-state index in [0.717, 1.165) is 24.5 Å². The van der Waals surface area contributed by atoms with Crippen molar-refractivity contribution in [3.8, 4) is 0 Å². The van der Waals surface area contributed by atoms with Gasteiger partial charge in [-0.25, -0.2) is 4.39 Å². The first-order valence-corrected chi connectivity index (χ1v) is 9.05. The Morgan fingerprint density at radius 1 is 1.12 bits per heavy atom. The van der Waals surface area contributed by atoms with Crippen molar-refractivity contribution in [3.63, 3.8) is 0 Å². The van der Waals surface area contributed by atoms with E-state index < -0.39 is 0 Å². The monoisotopic (exact) mass is 356 g/mol. The third-order valence-electron chi connectivity index (χ3n) is 4.52. The first-order chi connectivity index (χ1) is 12.5. The number of nitrogens with zero attached hydrogens (tertiary/aromatic N) is 1. The van der Waals surface area contributed by atoms with E-state index in [1.165, 1.54) is 6.07 Å². The van der Waals surface area contributed by atoms with Crippen molar-refractivity contribution >= 4 is 17.3 Å². The first-order valence-electron chi connectivity index (χ1n) is 9.05. The van der Waals surface area contributed by atoms with Gasteiger partial charge in [-0.3, -0.25) is 4.79 Å². The van der Waals surface area contributed by atoms with Crippen molar-refractivity contribution < 1.29 is 13.9 Å². The average Bonchev–Trinajstić information content (AvgIpc) is 2.61. The lowest BCUT2D eigenvalue weighted by molar-refractivity contribution is -0.116. The molecular weight excluding hydrogens is 331 g/mol. The van der Waals surface area contributed by atoms with Crippen LogP contribution in [0.3, 0.4) is 0 Å². The van der Waals surface area contributed by atoms with Crippen molar-refractivity contribution in [1.29, 1.82) is 0 Å². The zero-order valence-corrected chi connectivity index (χ0v) is 15.2. The fourth-order valence-corrected chi connectivity index (χ4v) is 3.32. The molecule has 4 nitrogen and oxygen atoms in total. The lowest BCUT2D eigenvalue weighted by Crippen LogP contribution is -2.45. The Morgan fingerprint density at radius 3 is 2.42 bits per heavy atom. The SMILES string of the molecule is CC1CN(c2ccc(NC(=O)CCc3ccccc3F)cc2)CC(C)O1. The van der Waals surface area contributed by atoms with E-state index in [-0.39, 0.29) is 30.4 Å². The van der Waals surface area contributed by atoms with E-state index in [1.54, 1.807) is 18.2 Å². The molecule has 1 heterocycles. The molecule has 0 aromatic heterocycles. The van der Waals surface area contributed by atoms with Crippen LogP contribution in [-0.2, 0) is 16.0 Å². The van der Waals surface area contributed by atoms with E-state index in [0.29, 0.717) is 12.0 Å². The Morgan fingerprint density at radius 2 is 1.77 bits per heavy atom. The van der Waals surface area contributed by atoms with E-state index in [4.69, 9.17) is 4.74 Å². The van der Waals surface area contributed by atoms with Gasteiger partial charge in [-0.1, -0.05) is 18.2 Å². The zero-order valence-electron chi connectivity index (χ0n) is 15.2. The van der Waals surface area contributed by atoms with Crippen LogP contribution in [0.1, 0.15) is 25.8 Å². The lowest BCUT2D eigenvalue weighted by Gasteiger charge is -2.36. The molecule has 2 atom stereocenters. The highest BCUT2D eigenvalue weighted by molar-refractivity contribution is 5.91. The minimum Gasteiger partial charge on any atom is -0.372 e. The molecule has 138 valence electrons. The molecule has 0 bridgehead atoms. The molecule has 5 heteroatoms. The van der Waals surface area contributed by atoms with Crippen LogP contribution >= 0.6 is 0 Å². The summed E-state index contributed by atoms with van der Waals surface area (Å²) in [7, 11) is 0. The van der Waals surface area contributed by atoms with Gasteiger partial charge in [0.2, 0.25) is 5.91 Å². The van der Waals surface area contributed by atoms with Crippen LogP contribution in [0.5, 0.6) is 0 Å². The standard InChI is InChI=1S/C21H25FN2O2/c1-15-13-24(14-16(2)26-15)19-10-8-18(9-11-19)23-21(25)12-7-17-5-3-4-6-20(17)22/h3-6,8-11,15-16H,7,12-14H2,1-2H3,(H,23,25). The van der Waals surface area contributed by atoms with Crippen molar-refractivity contribution in [2.24, 2.45) is 0 Å². The second-order valence-electron chi connectivity index (χ2n) is 6.85. The van der Waals surface area contributed by atoms with Crippen LogP contribution in [0, 0.1) is 5.82 Å². The molecule has 1 fully saturated rings. The summed E-state index contributed by atoms with van der Waals surface area (Å²) in [6, 6.07) is 14.4. The number of aryl methyl sites for hydroxylation is 1. The molecule has 1 saturated heterocycles. The first kappa shape index (κ1) is 18.4. The molecule has 1 aliphatic heterocycles.